The number of carbonyl (C=O) groups excluding carboxylic acids is 2. The number of nitrogens with two attached hydrogens (primary N) is 1. The van der Waals surface area contributed by atoms with E-state index >= 15 is 0 Å². The van der Waals surface area contributed by atoms with Gasteiger partial charge in [-0.25, -0.2) is 0 Å². The SMILES string of the molecule is NCCCNCCCCNC(=O)CN1C(=O)Cc2c([nH]c3ccc(Br)cc23)-c2ccccc21. The van der Waals surface area contributed by atoms with Gasteiger partial charge in [-0.2, -0.15) is 0 Å². The number of halogens is 1. The van der Waals surface area contributed by atoms with E-state index in [-0.39, 0.29) is 24.8 Å². The average Bonchev–Trinajstić information content (AvgIpc) is 3.11. The predicted molar refractivity (Wildman–Crippen MR) is 136 cm³/mol. The number of benzene rings is 2. The molecule has 33 heavy (non-hydrogen) atoms. The Balaban J connectivity index is 1.45. The largest absolute Gasteiger partial charge is 0.355 e. The van der Waals surface area contributed by atoms with E-state index in [1.165, 1.54) is 0 Å². The molecule has 0 atom stereocenters. The van der Waals surface area contributed by atoms with Crippen LogP contribution in [0.2, 0.25) is 0 Å². The van der Waals surface area contributed by atoms with E-state index in [2.05, 4.69) is 31.5 Å². The number of nitrogens with one attached hydrogen (secondary N) is 3. The molecule has 0 fully saturated rings. The molecule has 1 aromatic heterocycles. The molecule has 1 aliphatic rings. The van der Waals surface area contributed by atoms with Gasteiger partial charge in [-0.1, -0.05) is 34.1 Å². The summed E-state index contributed by atoms with van der Waals surface area (Å²) >= 11 is 3.54. The Bertz CT molecular complexity index is 1140. The van der Waals surface area contributed by atoms with Gasteiger partial charge in [0.25, 0.3) is 0 Å². The Morgan fingerprint density at radius 2 is 1.88 bits per heavy atom. The number of carbonyl (C=O) groups is 2. The summed E-state index contributed by atoms with van der Waals surface area (Å²) in [5, 5.41) is 7.32. The summed E-state index contributed by atoms with van der Waals surface area (Å²) in [5.74, 6) is -0.228. The van der Waals surface area contributed by atoms with Gasteiger partial charge in [-0.3, -0.25) is 9.59 Å². The van der Waals surface area contributed by atoms with Crippen LogP contribution in [0.15, 0.2) is 46.9 Å². The molecule has 0 unspecified atom stereocenters. The highest BCUT2D eigenvalue weighted by atomic mass is 79.9. The molecule has 0 saturated heterocycles. The summed E-state index contributed by atoms with van der Waals surface area (Å²) in [7, 11) is 0. The van der Waals surface area contributed by atoms with Crippen molar-refractivity contribution < 1.29 is 9.59 Å². The highest BCUT2D eigenvalue weighted by molar-refractivity contribution is 9.10. The number of H-pyrrole nitrogens is 1. The van der Waals surface area contributed by atoms with Crippen LogP contribution in [0.3, 0.4) is 0 Å². The van der Waals surface area contributed by atoms with E-state index in [0.29, 0.717) is 13.1 Å². The van der Waals surface area contributed by atoms with Crippen molar-refractivity contribution in [3.8, 4) is 11.3 Å². The Hall–Kier alpha value is -2.68. The van der Waals surface area contributed by atoms with Crippen molar-refractivity contribution in [2.75, 3.05) is 37.6 Å². The minimum Gasteiger partial charge on any atom is -0.355 e. The van der Waals surface area contributed by atoms with E-state index in [1.54, 1.807) is 4.90 Å². The molecule has 5 N–H and O–H groups in total. The molecule has 0 saturated carbocycles. The Kier molecular flexibility index (Phi) is 7.80. The number of aromatic amines is 1. The quantitative estimate of drug-likeness (QED) is 0.313. The second kappa shape index (κ2) is 11.0. The number of hydrogen-bond acceptors (Lipinski definition) is 4. The molecule has 2 heterocycles. The molecule has 174 valence electrons. The molecule has 4 rings (SSSR count). The van der Waals surface area contributed by atoms with E-state index < -0.39 is 0 Å². The lowest BCUT2D eigenvalue weighted by molar-refractivity contribution is -0.123. The number of hydrogen-bond donors (Lipinski definition) is 4. The summed E-state index contributed by atoms with van der Waals surface area (Å²) in [6.07, 6.45) is 3.08. The Morgan fingerprint density at radius 3 is 2.73 bits per heavy atom. The maximum atomic E-state index is 13.3. The number of para-hydroxylation sites is 1. The Labute approximate surface area is 202 Å². The fourth-order valence-electron chi connectivity index (χ4n) is 4.26. The van der Waals surface area contributed by atoms with Crippen LogP contribution in [0.4, 0.5) is 5.69 Å². The lowest BCUT2D eigenvalue weighted by atomic mass is 10.0. The van der Waals surface area contributed by atoms with Crippen molar-refractivity contribution in [3.05, 3.63) is 52.5 Å². The van der Waals surface area contributed by atoms with Gasteiger partial charge >= 0.3 is 0 Å². The molecular formula is C25H30BrN5O2. The first-order valence-corrected chi connectivity index (χ1v) is 12.2. The third-order valence-corrected chi connectivity index (χ3v) is 6.42. The van der Waals surface area contributed by atoms with Crippen LogP contribution in [-0.4, -0.2) is 49.5 Å². The topological polar surface area (TPSA) is 103 Å². The summed E-state index contributed by atoms with van der Waals surface area (Å²) in [5.41, 5.74) is 10.1. The first-order chi connectivity index (χ1) is 16.1. The van der Waals surface area contributed by atoms with Crippen LogP contribution >= 0.6 is 15.9 Å². The number of amides is 2. The zero-order valence-corrected chi connectivity index (χ0v) is 20.2. The number of aromatic nitrogens is 1. The van der Waals surface area contributed by atoms with Crippen molar-refractivity contribution in [2.45, 2.75) is 25.7 Å². The van der Waals surface area contributed by atoms with Crippen molar-refractivity contribution in [1.82, 2.24) is 15.6 Å². The predicted octanol–water partition coefficient (Wildman–Crippen LogP) is 3.32. The van der Waals surface area contributed by atoms with Crippen LogP contribution < -0.4 is 21.3 Å². The molecule has 0 aliphatic carbocycles. The monoisotopic (exact) mass is 511 g/mol. The number of nitrogens with zero attached hydrogens (tertiary/aromatic N) is 1. The van der Waals surface area contributed by atoms with Crippen LogP contribution in [0.1, 0.15) is 24.8 Å². The highest BCUT2D eigenvalue weighted by Gasteiger charge is 2.29. The molecule has 8 heteroatoms. The van der Waals surface area contributed by atoms with Gasteiger partial charge in [0.15, 0.2) is 0 Å². The Morgan fingerprint density at radius 1 is 1.09 bits per heavy atom. The van der Waals surface area contributed by atoms with Crippen molar-refractivity contribution >= 4 is 44.3 Å². The molecule has 3 aromatic rings. The first-order valence-electron chi connectivity index (χ1n) is 11.5. The normalized spacial score (nSPS) is 13.0. The lowest BCUT2D eigenvalue weighted by Crippen LogP contribution is -2.41. The van der Waals surface area contributed by atoms with E-state index in [4.69, 9.17) is 5.73 Å². The zero-order chi connectivity index (χ0) is 23.2. The minimum atomic E-state index is -0.146. The zero-order valence-electron chi connectivity index (χ0n) is 18.6. The van der Waals surface area contributed by atoms with Crippen LogP contribution in [-0.2, 0) is 16.0 Å². The van der Waals surface area contributed by atoms with Gasteiger partial charge in [-0.15, -0.1) is 0 Å². The minimum absolute atomic E-state index is 0.0104. The maximum Gasteiger partial charge on any atom is 0.240 e. The summed E-state index contributed by atoms with van der Waals surface area (Å²) in [6, 6.07) is 13.8. The van der Waals surface area contributed by atoms with Crippen LogP contribution in [0, 0.1) is 0 Å². The molecule has 1 aliphatic heterocycles. The summed E-state index contributed by atoms with van der Waals surface area (Å²) < 4.78 is 0.965. The molecule has 0 bridgehead atoms. The van der Waals surface area contributed by atoms with E-state index in [0.717, 1.165) is 70.2 Å². The fraction of sp³-hybridized carbons (Fsp3) is 0.360. The van der Waals surface area contributed by atoms with Gasteiger partial charge in [0.05, 0.1) is 17.8 Å². The molecule has 7 nitrogen and oxygen atoms in total. The van der Waals surface area contributed by atoms with E-state index in [1.807, 2.05) is 42.5 Å². The molecule has 2 amide bonds. The second-order valence-electron chi connectivity index (χ2n) is 8.29. The van der Waals surface area contributed by atoms with Crippen molar-refractivity contribution in [1.29, 1.82) is 0 Å². The maximum absolute atomic E-state index is 13.3. The lowest BCUT2D eigenvalue weighted by Gasteiger charge is -2.22. The number of anilines is 1. The van der Waals surface area contributed by atoms with Gasteiger partial charge in [-0.05, 0) is 68.7 Å². The van der Waals surface area contributed by atoms with E-state index in [9.17, 15) is 9.59 Å². The summed E-state index contributed by atoms with van der Waals surface area (Å²) in [6.45, 7) is 3.14. The number of fused-ring (bicyclic) bond motifs is 5. The third-order valence-electron chi connectivity index (χ3n) is 5.92. The van der Waals surface area contributed by atoms with Crippen molar-refractivity contribution in [3.63, 3.8) is 0 Å². The highest BCUT2D eigenvalue weighted by Crippen LogP contribution is 2.40. The molecular weight excluding hydrogens is 482 g/mol. The first kappa shape index (κ1) is 23.5. The number of unbranched alkanes of at least 4 members (excludes halogenated alkanes) is 1. The van der Waals surface area contributed by atoms with Crippen LogP contribution in [0.25, 0.3) is 22.2 Å². The summed E-state index contributed by atoms with van der Waals surface area (Å²) in [4.78, 5) is 31.1. The average molecular weight is 512 g/mol. The third kappa shape index (κ3) is 5.46. The molecule has 0 spiro atoms. The van der Waals surface area contributed by atoms with Gasteiger partial charge in [0.1, 0.15) is 6.54 Å². The van der Waals surface area contributed by atoms with Crippen molar-refractivity contribution in [2.24, 2.45) is 5.73 Å². The standard InChI is InChI=1S/C25H30BrN5O2/c26-17-8-9-21-19(14-17)20-15-24(33)31(22-7-2-1-6-18(22)25(20)30-21)16-23(32)29-13-4-3-11-28-12-5-10-27/h1-2,6-9,14,28,30H,3-5,10-13,15-16,27H2,(H,29,32). The smallest absolute Gasteiger partial charge is 0.240 e. The fourth-order valence-corrected chi connectivity index (χ4v) is 4.62. The second-order valence-corrected chi connectivity index (χ2v) is 9.21. The van der Waals surface area contributed by atoms with Gasteiger partial charge in [0.2, 0.25) is 11.8 Å². The molecule has 0 radical (unpaired) electrons. The van der Waals surface area contributed by atoms with Gasteiger partial charge < -0.3 is 26.3 Å². The van der Waals surface area contributed by atoms with Gasteiger partial charge in [0, 0.05) is 27.5 Å². The molecule has 2 aromatic carbocycles. The van der Waals surface area contributed by atoms with Crippen LogP contribution in [0.5, 0.6) is 0 Å². The number of rotatable bonds is 10.